The first kappa shape index (κ1) is 38.3. The van der Waals surface area contributed by atoms with Crippen molar-refractivity contribution in [3.05, 3.63) is 117 Å². The van der Waals surface area contributed by atoms with Crippen molar-refractivity contribution in [2.75, 3.05) is 18.6 Å². The number of halogens is 5. The molecule has 1 aliphatic rings. The molecule has 15 heteroatoms. The van der Waals surface area contributed by atoms with Crippen LogP contribution in [0.5, 0.6) is 5.75 Å². The predicted molar refractivity (Wildman–Crippen MR) is 181 cm³/mol. The maximum absolute atomic E-state index is 15.1. The first-order valence-electron chi connectivity index (χ1n) is 16.1. The lowest BCUT2D eigenvalue weighted by atomic mass is 9.84. The number of pyridine rings is 1. The van der Waals surface area contributed by atoms with E-state index in [1.54, 1.807) is 6.92 Å². The van der Waals surface area contributed by atoms with Crippen molar-refractivity contribution in [1.29, 1.82) is 0 Å². The molecule has 0 aliphatic heterocycles. The molecule has 1 saturated carbocycles. The molecule has 4 aromatic rings. The Labute approximate surface area is 297 Å². The van der Waals surface area contributed by atoms with E-state index in [2.05, 4.69) is 11.1 Å². The van der Waals surface area contributed by atoms with Crippen LogP contribution in [0.4, 0.5) is 27.6 Å². The van der Waals surface area contributed by atoms with Gasteiger partial charge in [-0.15, -0.1) is 0 Å². The second kappa shape index (κ2) is 14.6. The molecule has 1 aromatic heterocycles. The van der Waals surface area contributed by atoms with Gasteiger partial charge in [0.1, 0.15) is 5.75 Å². The van der Waals surface area contributed by atoms with E-state index in [9.17, 15) is 36.3 Å². The number of hydrogen-bond donors (Lipinski definition) is 1. The fourth-order valence-electron chi connectivity index (χ4n) is 5.67. The highest BCUT2D eigenvalue weighted by Crippen LogP contribution is 2.42. The summed E-state index contributed by atoms with van der Waals surface area (Å²) in [5, 5.41) is 9.60. The van der Waals surface area contributed by atoms with E-state index in [-0.39, 0.29) is 34.5 Å². The summed E-state index contributed by atoms with van der Waals surface area (Å²) in [4.78, 5) is 29.2. The molecule has 9 nitrogen and oxygen atoms in total. The van der Waals surface area contributed by atoms with Gasteiger partial charge < -0.3 is 14.7 Å². The fourth-order valence-corrected chi connectivity index (χ4v) is 7.15. The van der Waals surface area contributed by atoms with Crippen LogP contribution >= 0.6 is 0 Å². The van der Waals surface area contributed by atoms with Crippen LogP contribution in [0.3, 0.4) is 0 Å². The first-order valence-corrected chi connectivity index (χ1v) is 17.6. The molecule has 1 amide bonds. The van der Waals surface area contributed by atoms with Crippen LogP contribution in [0.25, 0.3) is 0 Å². The highest BCUT2D eigenvalue weighted by molar-refractivity contribution is 7.89. The number of benzene rings is 3. The molecule has 0 spiro atoms. The van der Waals surface area contributed by atoms with Gasteiger partial charge in [-0.1, -0.05) is 39.0 Å². The average Bonchev–Trinajstić information content (AvgIpc) is 3.94. The lowest BCUT2D eigenvalue weighted by Crippen LogP contribution is -2.43. The Balaban J connectivity index is 1.67. The second-order valence-corrected chi connectivity index (χ2v) is 15.5. The topological polar surface area (TPSA) is 117 Å². The summed E-state index contributed by atoms with van der Waals surface area (Å²) in [6, 6.07) is 11.1. The van der Waals surface area contributed by atoms with Gasteiger partial charge in [0.25, 0.3) is 0 Å². The van der Waals surface area contributed by atoms with Crippen molar-refractivity contribution < 1.29 is 49.8 Å². The number of amides is 1. The van der Waals surface area contributed by atoms with E-state index < -0.39 is 69.0 Å². The molecule has 52 heavy (non-hydrogen) atoms. The van der Waals surface area contributed by atoms with Gasteiger partial charge in [0.05, 0.1) is 31.5 Å². The highest BCUT2D eigenvalue weighted by Gasteiger charge is 2.39. The number of aromatic carboxylic acids is 1. The van der Waals surface area contributed by atoms with Crippen molar-refractivity contribution in [1.82, 2.24) is 9.29 Å². The van der Waals surface area contributed by atoms with Crippen molar-refractivity contribution in [2.45, 2.75) is 69.9 Å². The Morgan fingerprint density at radius 1 is 0.923 bits per heavy atom. The van der Waals surface area contributed by atoms with Crippen LogP contribution in [0, 0.1) is 36.0 Å². The van der Waals surface area contributed by atoms with Gasteiger partial charge in [0, 0.05) is 18.9 Å². The zero-order valence-electron chi connectivity index (χ0n) is 28.9. The standard InChI is InChI=1S/C37H36F5N3O6S/c1-20-10-11-43-16-25(20)18-44(52(49,50)35-33(41)31(39)30(38)32(40)34(35)42)19-29(46)45(27-9-8-23(36(47)48)15-28(27)51-5)17-21-12-24(22-6-7-22)14-26(13-21)37(2,3)4/h8-16,22H,6-7,17-19H2,1-5H3,(H,47,48). The molecule has 3 aromatic carbocycles. The third-order valence-corrected chi connectivity index (χ3v) is 10.7. The Bertz CT molecular complexity index is 2140. The number of anilines is 1. The van der Waals surface area contributed by atoms with Gasteiger partial charge in [-0.3, -0.25) is 9.78 Å². The summed E-state index contributed by atoms with van der Waals surface area (Å²) in [6.07, 6.45) is 4.57. The van der Waals surface area contributed by atoms with Gasteiger partial charge in [0.15, 0.2) is 28.2 Å². The minimum absolute atomic E-state index is 0.0257. The minimum atomic E-state index is -5.64. The molecule has 1 fully saturated rings. The molecule has 276 valence electrons. The zero-order valence-corrected chi connectivity index (χ0v) is 29.8. The van der Waals surface area contributed by atoms with E-state index in [4.69, 9.17) is 4.74 Å². The number of rotatable bonds is 12. The summed E-state index contributed by atoms with van der Waals surface area (Å²) >= 11 is 0. The summed E-state index contributed by atoms with van der Waals surface area (Å²) in [5.74, 6) is -14.7. The summed E-state index contributed by atoms with van der Waals surface area (Å²) in [7, 11) is -4.40. The van der Waals surface area contributed by atoms with E-state index >= 15 is 8.78 Å². The van der Waals surface area contributed by atoms with Crippen molar-refractivity contribution >= 4 is 27.6 Å². The van der Waals surface area contributed by atoms with Crippen molar-refractivity contribution in [3.63, 3.8) is 0 Å². The number of methoxy groups -OCH3 is 1. The van der Waals surface area contributed by atoms with Crippen LogP contribution in [0.1, 0.15) is 77.7 Å². The summed E-state index contributed by atoms with van der Waals surface area (Å²) in [6.45, 7) is 5.51. The molecule has 0 atom stereocenters. The van der Waals surface area contributed by atoms with Crippen LogP contribution in [0.15, 0.2) is 59.8 Å². The Hall–Kier alpha value is -4.89. The Morgan fingerprint density at radius 2 is 1.56 bits per heavy atom. The maximum Gasteiger partial charge on any atom is 0.335 e. The van der Waals surface area contributed by atoms with Gasteiger partial charge in [0.2, 0.25) is 21.7 Å². The molecule has 5 rings (SSSR count). The third kappa shape index (κ3) is 7.80. The van der Waals surface area contributed by atoms with Crippen molar-refractivity contribution in [3.8, 4) is 5.75 Å². The molecule has 0 unspecified atom stereocenters. The second-order valence-electron chi connectivity index (χ2n) is 13.6. The zero-order chi connectivity index (χ0) is 38.3. The fraction of sp³-hybridized carbons (Fsp3) is 0.324. The lowest BCUT2D eigenvalue weighted by Gasteiger charge is -2.30. The molecule has 0 saturated heterocycles. The molecule has 0 bridgehead atoms. The van der Waals surface area contributed by atoms with E-state index in [1.807, 2.05) is 32.9 Å². The molecule has 1 heterocycles. The number of carbonyl (C=O) groups is 2. The van der Waals surface area contributed by atoms with Crippen LogP contribution < -0.4 is 9.64 Å². The van der Waals surface area contributed by atoms with Gasteiger partial charge in [-0.05, 0) is 83.2 Å². The monoisotopic (exact) mass is 745 g/mol. The number of carbonyl (C=O) groups excluding carboxylic acids is 1. The summed E-state index contributed by atoms with van der Waals surface area (Å²) in [5.41, 5.74) is 2.78. The minimum Gasteiger partial charge on any atom is -0.495 e. The number of aromatic nitrogens is 1. The average molecular weight is 746 g/mol. The maximum atomic E-state index is 15.1. The number of aryl methyl sites for hydroxylation is 1. The predicted octanol–water partition coefficient (Wildman–Crippen LogP) is 7.39. The molecular weight excluding hydrogens is 709 g/mol. The molecule has 1 N–H and O–H groups in total. The number of nitrogens with zero attached hydrogens (tertiary/aromatic N) is 3. The van der Waals surface area contributed by atoms with Gasteiger partial charge in [-0.2, -0.15) is 4.31 Å². The lowest BCUT2D eigenvalue weighted by molar-refractivity contribution is -0.119. The van der Waals surface area contributed by atoms with Gasteiger partial charge in [-0.25, -0.2) is 35.2 Å². The smallest absolute Gasteiger partial charge is 0.335 e. The van der Waals surface area contributed by atoms with E-state index in [0.29, 0.717) is 21.4 Å². The van der Waals surface area contributed by atoms with E-state index in [1.165, 1.54) is 43.8 Å². The normalized spacial score (nSPS) is 13.4. The molecular formula is C37H36F5N3O6S. The largest absolute Gasteiger partial charge is 0.495 e. The van der Waals surface area contributed by atoms with Gasteiger partial charge >= 0.3 is 5.97 Å². The SMILES string of the molecule is COc1cc(C(=O)O)ccc1N(Cc1cc(C2CC2)cc(C(C)(C)C)c1)C(=O)CN(Cc1cnccc1C)S(=O)(=O)c1c(F)c(F)c(F)c(F)c1F. The number of hydrogen-bond acceptors (Lipinski definition) is 6. The van der Waals surface area contributed by atoms with E-state index in [0.717, 1.165) is 28.9 Å². The number of sulfonamides is 1. The summed E-state index contributed by atoms with van der Waals surface area (Å²) < 4.78 is 107. The quantitative estimate of drug-likeness (QED) is 0.0914. The number of ether oxygens (including phenoxy) is 1. The van der Waals surface area contributed by atoms with Crippen molar-refractivity contribution in [2.24, 2.45) is 0 Å². The Kier molecular flexibility index (Phi) is 10.8. The van der Waals surface area contributed by atoms with Crippen LogP contribution in [0.2, 0.25) is 0 Å². The third-order valence-electron chi connectivity index (χ3n) is 8.86. The van der Waals surface area contributed by atoms with Crippen LogP contribution in [-0.4, -0.2) is 48.3 Å². The van der Waals surface area contributed by atoms with Crippen LogP contribution in [-0.2, 0) is 33.3 Å². The first-order chi connectivity index (χ1) is 24.3. The highest BCUT2D eigenvalue weighted by atomic mass is 32.2. The number of carboxylic acid groups (broad SMARTS) is 1. The molecule has 1 aliphatic carbocycles. The molecule has 0 radical (unpaired) electrons. The number of carboxylic acids is 1. The Morgan fingerprint density at radius 3 is 2.12 bits per heavy atom.